The van der Waals surface area contributed by atoms with Crippen molar-refractivity contribution in [1.29, 1.82) is 0 Å². The molecule has 7 nitrogen and oxygen atoms in total. The first kappa shape index (κ1) is 17.3. The third-order valence-electron chi connectivity index (χ3n) is 5.11. The highest BCUT2D eigenvalue weighted by Crippen LogP contribution is 2.28. The number of piperidine rings is 1. The minimum atomic E-state index is -0.0572. The topological polar surface area (TPSA) is 83.1 Å². The van der Waals surface area contributed by atoms with Crippen molar-refractivity contribution in [3.8, 4) is 5.75 Å². The van der Waals surface area contributed by atoms with Crippen molar-refractivity contribution in [2.75, 3.05) is 25.1 Å². The van der Waals surface area contributed by atoms with E-state index in [4.69, 9.17) is 4.74 Å². The first-order chi connectivity index (χ1) is 13.2. The highest BCUT2D eigenvalue weighted by molar-refractivity contribution is 5.95. The Hall–Kier alpha value is -3.09. The molecule has 4 rings (SSSR count). The average molecular weight is 365 g/mol. The van der Waals surface area contributed by atoms with Gasteiger partial charge in [-0.15, -0.1) is 0 Å². The van der Waals surface area contributed by atoms with Crippen molar-refractivity contribution in [1.82, 2.24) is 20.3 Å². The molecule has 1 aromatic carbocycles. The summed E-state index contributed by atoms with van der Waals surface area (Å²) < 4.78 is 5.19. The summed E-state index contributed by atoms with van der Waals surface area (Å²) in [5, 5.41) is 4.22. The summed E-state index contributed by atoms with van der Waals surface area (Å²) in [6.07, 6.45) is 5.32. The summed E-state index contributed by atoms with van der Waals surface area (Å²) in [4.78, 5) is 26.8. The number of methoxy groups -OCH3 is 1. The summed E-state index contributed by atoms with van der Waals surface area (Å²) in [7, 11) is 1.60. The van der Waals surface area contributed by atoms with E-state index in [-0.39, 0.29) is 11.9 Å². The number of benzene rings is 1. The number of nitrogens with zero attached hydrogens (tertiary/aromatic N) is 3. The number of ether oxygens (including phenoxy) is 1. The van der Waals surface area contributed by atoms with E-state index < -0.39 is 0 Å². The zero-order valence-corrected chi connectivity index (χ0v) is 15.5. The lowest BCUT2D eigenvalue weighted by atomic mass is 10.0. The molecule has 27 heavy (non-hydrogen) atoms. The number of carbonyl (C=O) groups excluding carboxylic acids is 1. The van der Waals surface area contributed by atoms with Gasteiger partial charge in [0.25, 0.3) is 5.91 Å². The highest BCUT2D eigenvalue weighted by Gasteiger charge is 2.24. The van der Waals surface area contributed by atoms with Crippen molar-refractivity contribution in [3.05, 3.63) is 47.9 Å². The largest absolute Gasteiger partial charge is 0.497 e. The van der Waals surface area contributed by atoms with Crippen molar-refractivity contribution in [3.63, 3.8) is 0 Å². The van der Waals surface area contributed by atoms with E-state index in [0.29, 0.717) is 11.3 Å². The van der Waals surface area contributed by atoms with Gasteiger partial charge in [-0.1, -0.05) is 6.07 Å². The highest BCUT2D eigenvalue weighted by atomic mass is 16.5. The predicted octanol–water partition coefficient (Wildman–Crippen LogP) is 2.67. The second-order valence-corrected chi connectivity index (χ2v) is 6.86. The monoisotopic (exact) mass is 365 g/mol. The molecule has 0 aliphatic carbocycles. The Labute approximate surface area is 157 Å². The lowest BCUT2D eigenvalue weighted by molar-refractivity contribution is 0.0930. The fourth-order valence-electron chi connectivity index (χ4n) is 3.61. The van der Waals surface area contributed by atoms with Gasteiger partial charge >= 0.3 is 0 Å². The molecule has 1 saturated heterocycles. The molecule has 0 saturated carbocycles. The van der Waals surface area contributed by atoms with Crippen LogP contribution in [-0.2, 0) is 0 Å². The maximum Gasteiger partial charge on any atom is 0.251 e. The van der Waals surface area contributed by atoms with Crippen LogP contribution in [0.2, 0.25) is 0 Å². The summed E-state index contributed by atoms with van der Waals surface area (Å²) in [6.45, 7) is 3.76. The molecule has 0 atom stereocenters. The van der Waals surface area contributed by atoms with Crippen LogP contribution in [0.15, 0.2) is 36.8 Å². The van der Waals surface area contributed by atoms with E-state index in [1.165, 1.54) is 0 Å². The molecule has 2 N–H and O–H groups in total. The maximum absolute atomic E-state index is 12.5. The van der Waals surface area contributed by atoms with Crippen LogP contribution in [0.3, 0.4) is 0 Å². The van der Waals surface area contributed by atoms with Crippen LogP contribution >= 0.6 is 0 Å². The number of aromatic nitrogens is 3. The van der Waals surface area contributed by atoms with Gasteiger partial charge in [0.1, 0.15) is 23.5 Å². The number of fused-ring (bicyclic) bond motifs is 1. The number of hydrogen-bond acceptors (Lipinski definition) is 5. The number of nitrogens with one attached hydrogen (secondary N) is 2. The van der Waals surface area contributed by atoms with Crippen LogP contribution in [0.5, 0.6) is 5.75 Å². The molecule has 3 aromatic rings. The van der Waals surface area contributed by atoms with Crippen molar-refractivity contribution < 1.29 is 9.53 Å². The van der Waals surface area contributed by atoms with Crippen LogP contribution in [0.1, 0.15) is 28.8 Å². The van der Waals surface area contributed by atoms with Crippen LogP contribution in [0.4, 0.5) is 5.82 Å². The normalized spacial score (nSPS) is 15.1. The second kappa shape index (κ2) is 7.26. The second-order valence-electron chi connectivity index (χ2n) is 6.86. The SMILES string of the molecule is COc1cccc(C(=O)NC2CCN(c3ncnc4[nH]cc(C)c34)CC2)c1. The molecule has 0 spiro atoms. The average Bonchev–Trinajstić information content (AvgIpc) is 3.10. The molecule has 0 bridgehead atoms. The molecule has 140 valence electrons. The van der Waals surface area contributed by atoms with Gasteiger partial charge in [0.15, 0.2) is 0 Å². The summed E-state index contributed by atoms with van der Waals surface area (Å²) in [6, 6.07) is 7.39. The minimum Gasteiger partial charge on any atom is -0.497 e. The number of aromatic amines is 1. The fourth-order valence-corrected chi connectivity index (χ4v) is 3.61. The smallest absolute Gasteiger partial charge is 0.251 e. The molecular formula is C20H23N5O2. The van der Waals surface area contributed by atoms with Crippen LogP contribution in [0, 0.1) is 6.92 Å². The molecule has 1 amide bonds. The first-order valence-electron chi connectivity index (χ1n) is 9.14. The van der Waals surface area contributed by atoms with Gasteiger partial charge in [0.2, 0.25) is 0 Å². The Balaban J connectivity index is 1.41. The number of anilines is 1. The molecule has 1 aliphatic rings. The standard InChI is InChI=1S/C20H23N5O2/c1-13-11-21-18-17(13)19(23-12-22-18)25-8-6-15(7-9-25)24-20(26)14-4-3-5-16(10-14)27-2/h3-5,10-12,15H,6-9H2,1-2H3,(H,24,26)(H,21,22,23). The van der Waals surface area contributed by atoms with Crippen molar-refractivity contribution in [2.45, 2.75) is 25.8 Å². The van der Waals surface area contributed by atoms with E-state index in [1.54, 1.807) is 25.6 Å². The van der Waals surface area contributed by atoms with E-state index in [9.17, 15) is 4.79 Å². The molecule has 0 unspecified atom stereocenters. The fraction of sp³-hybridized carbons (Fsp3) is 0.350. The van der Waals surface area contributed by atoms with Gasteiger partial charge < -0.3 is 19.9 Å². The lowest BCUT2D eigenvalue weighted by Crippen LogP contribution is -2.45. The molecule has 0 radical (unpaired) electrons. The van der Waals surface area contributed by atoms with Gasteiger partial charge in [0.05, 0.1) is 12.5 Å². The number of rotatable bonds is 4. The molecule has 1 aliphatic heterocycles. The van der Waals surface area contributed by atoms with Gasteiger partial charge in [-0.05, 0) is 43.5 Å². The van der Waals surface area contributed by atoms with Gasteiger partial charge in [-0.25, -0.2) is 9.97 Å². The van der Waals surface area contributed by atoms with E-state index in [1.807, 2.05) is 18.3 Å². The summed E-state index contributed by atoms with van der Waals surface area (Å²) >= 11 is 0. The third-order valence-corrected chi connectivity index (χ3v) is 5.11. The Morgan fingerprint density at radius 2 is 2.11 bits per heavy atom. The zero-order valence-electron chi connectivity index (χ0n) is 15.5. The van der Waals surface area contributed by atoms with Crippen LogP contribution in [0.25, 0.3) is 11.0 Å². The molecular weight excluding hydrogens is 342 g/mol. The number of carbonyl (C=O) groups is 1. The molecule has 7 heteroatoms. The lowest BCUT2D eigenvalue weighted by Gasteiger charge is -2.33. The van der Waals surface area contributed by atoms with E-state index in [2.05, 4.69) is 32.1 Å². The number of hydrogen-bond donors (Lipinski definition) is 2. The molecule has 3 heterocycles. The van der Waals surface area contributed by atoms with Gasteiger partial charge in [-0.3, -0.25) is 4.79 Å². The Kier molecular flexibility index (Phi) is 4.66. The Bertz CT molecular complexity index is 960. The number of aryl methyl sites for hydroxylation is 1. The Morgan fingerprint density at radius 3 is 2.89 bits per heavy atom. The van der Waals surface area contributed by atoms with Gasteiger partial charge in [-0.2, -0.15) is 0 Å². The first-order valence-corrected chi connectivity index (χ1v) is 9.14. The molecule has 2 aromatic heterocycles. The van der Waals surface area contributed by atoms with E-state index >= 15 is 0 Å². The quantitative estimate of drug-likeness (QED) is 0.743. The molecule has 1 fully saturated rings. The zero-order chi connectivity index (χ0) is 18.8. The summed E-state index contributed by atoms with van der Waals surface area (Å²) in [5.41, 5.74) is 2.64. The number of amides is 1. The van der Waals surface area contributed by atoms with E-state index in [0.717, 1.165) is 48.3 Å². The van der Waals surface area contributed by atoms with Crippen LogP contribution in [-0.4, -0.2) is 47.1 Å². The Morgan fingerprint density at radius 1 is 1.30 bits per heavy atom. The van der Waals surface area contributed by atoms with Crippen molar-refractivity contribution in [2.24, 2.45) is 0 Å². The summed E-state index contributed by atoms with van der Waals surface area (Å²) in [5.74, 6) is 1.60. The maximum atomic E-state index is 12.5. The number of H-pyrrole nitrogens is 1. The van der Waals surface area contributed by atoms with Crippen LogP contribution < -0.4 is 15.0 Å². The third kappa shape index (κ3) is 3.45. The minimum absolute atomic E-state index is 0.0572. The predicted molar refractivity (Wildman–Crippen MR) is 104 cm³/mol. The van der Waals surface area contributed by atoms with Crippen molar-refractivity contribution >= 4 is 22.8 Å². The van der Waals surface area contributed by atoms with Gasteiger partial charge in [0, 0.05) is 30.9 Å².